The molecule has 3 nitrogen and oxygen atoms in total. The molecule has 0 amide bonds. The fourth-order valence-electron chi connectivity index (χ4n) is 1.65. The first kappa shape index (κ1) is 14.4. The maximum absolute atomic E-state index is 12.1. The van der Waals surface area contributed by atoms with Crippen LogP contribution in [0, 0.1) is 0 Å². The Morgan fingerprint density at radius 3 is 2.44 bits per heavy atom. The van der Waals surface area contributed by atoms with Gasteiger partial charge in [0, 0.05) is 13.6 Å². The zero-order chi connectivity index (χ0) is 13.4. The van der Waals surface area contributed by atoms with Crippen LogP contribution < -0.4 is 10.6 Å². The number of guanidine groups is 1. The molecule has 18 heavy (non-hydrogen) atoms. The van der Waals surface area contributed by atoms with Gasteiger partial charge in [0.05, 0.1) is 6.54 Å². The van der Waals surface area contributed by atoms with Gasteiger partial charge in [-0.05, 0) is 17.5 Å². The van der Waals surface area contributed by atoms with Crippen molar-refractivity contribution in [1.29, 1.82) is 0 Å². The summed E-state index contributed by atoms with van der Waals surface area (Å²) in [6.07, 6.45) is -1.44. The van der Waals surface area contributed by atoms with E-state index < -0.39 is 13.0 Å². The van der Waals surface area contributed by atoms with Crippen LogP contribution in [0.25, 0.3) is 0 Å². The number of nitrogens with one attached hydrogen (secondary N) is 2. The Labute approximate surface area is 106 Å². The van der Waals surface area contributed by atoms with E-state index in [0.717, 1.165) is 12.0 Å². The molecule has 0 heterocycles. The summed E-state index contributed by atoms with van der Waals surface area (Å²) in [5.74, 6) is 0.390. The Bertz CT molecular complexity index is 392. The van der Waals surface area contributed by atoms with Crippen molar-refractivity contribution in [3.8, 4) is 0 Å². The summed E-state index contributed by atoms with van der Waals surface area (Å²) < 4.78 is 24.1. The van der Waals surface area contributed by atoms with Crippen LogP contribution in [0.1, 0.15) is 18.1 Å². The fraction of sp³-hybridized carbons (Fsp3) is 0.462. The highest BCUT2D eigenvalue weighted by Gasteiger charge is 2.05. The molecule has 0 bridgehead atoms. The third-order valence-corrected chi connectivity index (χ3v) is 2.59. The minimum absolute atomic E-state index is 0.390. The molecule has 0 atom stereocenters. The Hall–Kier alpha value is -1.65. The summed E-state index contributed by atoms with van der Waals surface area (Å²) in [5, 5.41) is 5.59. The molecule has 0 unspecified atom stereocenters. The lowest BCUT2D eigenvalue weighted by Gasteiger charge is -2.13. The van der Waals surface area contributed by atoms with Gasteiger partial charge in [-0.25, -0.2) is 8.78 Å². The lowest BCUT2D eigenvalue weighted by Crippen LogP contribution is -2.39. The lowest BCUT2D eigenvalue weighted by atomic mass is 10.1. The van der Waals surface area contributed by atoms with Crippen LogP contribution in [0.15, 0.2) is 29.3 Å². The van der Waals surface area contributed by atoms with Gasteiger partial charge in [0.2, 0.25) is 0 Å². The number of halogens is 2. The fourth-order valence-corrected chi connectivity index (χ4v) is 1.65. The molecule has 0 aliphatic heterocycles. The second-order valence-electron chi connectivity index (χ2n) is 3.82. The average molecular weight is 255 g/mol. The van der Waals surface area contributed by atoms with Crippen LogP contribution in [0.5, 0.6) is 0 Å². The minimum Gasteiger partial charge on any atom is -0.352 e. The zero-order valence-electron chi connectivity index (χ0n) is 10.7. The number of rotatable bonds is 5. The van der Waals surface area contributed by atoms with Crippen LogP contribution in [0.3, 0.4) is 0 Å². The molecule has 0 saturated heterocycles. The summed E-state index contributed by atoms with van der Waals surface area (Å²) in [4.78, 5) is 3.89. The molecule has 0 fully saturated rings. The van der Waals surface area contributed by atoms with E-state index >= 15 is 0 Å². The molecule has 0 saturated carbocycles. The van der Waals surface area contributed by atoms with Gasteiger partial charge in [-0.3, -0.25) is 4.99 Å². The molecule has 2 N–H and O–H groups in total. The van der Waals surface area contributed by atoms with Crippen LogP contribution in [0.2, 0.25) is 0 Å². The SMILES string of the molecule is CCc1ccccc1CNC(=NC)NCC(F)F. The molecular weight excluding hydrogens is 236 g/mol. The second kappa shape index (κ2) is 7.63. The van der Waals surface area contributed by atoms with Crippen molar-refractivity contribution in [2.45, 2.75) is 26.3 Å². The summed E-state index contributed by atoms with van der Waals surface area (Å²) in [5.41, 5.74) is 2.40. The molecule has 0 aliphatic rings. The van der Waals surface area contributed by atoms with Crippen molar-refractivity contribution in [2.24, 2.45) is 4.99 Å². The van der Waals surface area contributed by atoms with Crippen molar-refractivity contribution in [2.75, 3.05) is 13.6 Å². The Kier molecular flexibility index (Phi) is 6.11. The molecule has 0 aliphatic carbocycles. The molecular formula is C13H19F2N3. The highest BCUT2D eigenvalue weighted by molar-refractivity contribution is 5.79. The van der Waals surface area contributed by atoms with E-state index in [4.69, 9.17) is 0 Å². The van der Waals surface area contributed by atoms with Gasteiger partial charge in [0.25, 0.3) is 6.43 Å². The van der Waals surface area contributed by atoms with Crippen molar-refractivity contribution in [3.05, 3.63) is 35.4 Å². The number of aryl methyl sites for hydroxylation is 1. The van der Waals surface area contributed by atoms with Crippen LogP contribution in [0.4, 0.5) is 8.78 Å². The predicted octanol–water partition coefficient (Wildman–Crippen LogP) is 2.18. The van der Waals surface area contributed by atoms with E-state index in [0.29, 0.717) is 12.5 Å². The summed E-state index contributed by atoms with van der Waals surface area (Å²) in [6, 6.07) is 8.04. The second-order valence-corrected chi connectivity index (χ2v) is 3.82. The lowest BCUT2D eigenvalue weighted by molar-refractivity contribution is 0.152. The van der Waals surface area contributed by atoms with Crippen LogP contribution >= 0.6 is 0 Å². The van der Waals surface area contributed by atoms with Gasteiger partial charge in [0.1, 0.15) is 0 Å². The smallest absolute Gasteiger partial charge is 0.255 e. The quantitative estimate of drug-likeness (QED) is 0.625. The first-order valence-corrected chi connectivity index (χ1v) is 5.96. The number of alkyl halides is 2. The summed E-state index contributed by atoms with van der Waals surface area (Å²) in [7, 11) is 1.56. The van der Waals surface area contributed by atoms with Crippen molar-refractivity contribution in [3.63, 3.8) is 0 Å². The number of hydrogen-bond acceptors (Lipinski definition) is 1. The number of hydrogen-bond donors (Lipinski definition) is 2. The monoisotopic (exact) mass is 255 g/mol. The van der Waals surface area contributed by atoms with E-state index in [1.807, 2.05) is 18.2 Å². The molecule has 0 radical (unpaired) electrons. The molecule has 0 spiro atoms. The first-order chi connectivity index (χ1) is 8.67. The third-order valence-electron chi connectivity index (χ3n) is 2.59. The van der Waals surface area contributed by atoms with Gasteiger partial charge in [-0.15, -0.1) is 0 Å². The van der Waals surface area contributed by atoms with Gasteiger partial charge >= 0.3 is 0 Å². The van der Waals surface area contributed by atoms with Gasteiger partial charge in [-0.2, -0.15) is 0 Å². The molecule has 100 valence electrons. The highest BCUT2D eigenvalue weighted by atomic mass is 19.3. The predicted molar refractivity (Wildman–Crippen MR) is 70.0 cm³/mol. The Morgan fingerprint density at radius 2 is 1.89 bits per heavy atom. The van der Waals surface area contributed by atoms with E-state index in [1.54, 1.807) is 7.05 Å². The minimum atomic E-state index is -2.38. The standard InChI is InChI=1S/C13H19F2N3/c1-3-10-6-4-5-7-11(10)8-17-13(16-2)18-9-12(14)15/h4-7,12H,3,8-9H2,1-2H3,(H2,16,17,18). The van der Waals surface area contributed by atoms with Crippen molar-refractivity contribution in [1.82, 2.24) is 10.6 Å². The van der Waals surface area contributed by atoms with Gasteiger partial charge in [-0.1, -0.05) is 31.2 Å². The summed E-state index contributed by atoms with van der Waals surface area (Å²) in [6.45, 7) is 2.27. The average Bonchev–Trinajstić information content (AvgIpc) is 2.39. The van der Waals surface area contributed by atoms with Crippen LogP contribution in [-0.2, 0) is 13.0 Å². The molecule has 0 aromatic heterocycles. The number of nitrogens with zero attached hydrogens (tertiary/aromatic N) is 1. The summed E-state index contributed by atoms with van der Waals surface area (Å²) >= 11 is 0. The topological polar surface area (TPSA) is 36.4 Å². The van der Waals surface area contributed by atoms with E-state index in [1.165, 1.54) is 5.56 Å². The maximum atomic E-state index is 12.1. The van der Waals surface area contributed by atoms with Crippen molar-refractivity contribution >= 4 is 5.96 Å². The number of aliphatic imine (C=N–C) groups is 1. The van der Waals surface area contributed by atoms with E-state index in [-0.39, 0.29) is 0 Å². The largest absolute Gasteiger partial charge is 0.352 e. The van der Waals surface area contributed by atoms with E-state index in [2.05, 4.69) is 28.6 Å². The van der Waals surface area contributed by atoms with Gasteiger partial charge in [0.15, 0.2) is 5.96 Å². The van der Waals surface area contributed by atoms with Gasteiger partial charge < -0.3 is 10.6 Å². The third kappa shape index (κ3) is 4.69. The molecule has 1 rings (SSSR count). The Morgan fingerprint density at radius 1 is 1.22 bits per heavy atom. The van der Waals surface area contributed by atoms with E-state index in [9.17, 15) is 8.78 Å². The first-order valence-electron chi connectivity index (χ1n) is 5.96. The normalized spacial score (nSPS) is 11.7. The molecule has 1 aromatic rings. The molecule has 5 heteroatoms. The zero-order valence-corrected chi connectivity index (χ0v) is 10.7. The molecule has 1 aromatic carbocycles. The maximum Gasteiger partial charge on any atom is 0.255 e. The van der Waals surface area contributed by atoms with Crippen LogP contribution in [-0.4, -0.2) is 26.0 Å². The Balaban J connectivity index is 2.52. The highest BCUT2D eigenvalue weighted by Crippen LogP contribution is 2.08. The number of benzene rings is 1. The van der Waals surface area contributed by atoms with Crippen molar-refractivity contribution < 1.29 is 8.78 Å².